The molecule has 2 aliphatic carbocycles. The summed E-state index contributed by atoms with van der Waals surface area (Å²) in [6.45, 7) is 17.0. The van der Waals surface area contributed by atoms with Gasteiger partial charge in [0, 0.05) is 10.8 Å². The lowest BCUT2D eigenvalue weighted by Crippen LogP contribution is -2.57. The molecular formula is C18H32O. The summed E-state index contributed by atoms with van der Waals surface area (Å²) in [6.07, 6.45) is 6.08. The van der Waals surface area contributed by atoms with Crippen molar-refractivity contribution in [2.45, 2.75) is 85.9 Å². The normalized spacial score (nSPS) is 49.7. The Balaban J connectivity index is 2.17. The van der Waals surface area contributed by atoms with Gasteiger partial charge >= 0.3 is 0 Å². The van der Waals surface area contributed by atoms with E-state index in [0.29, 0.717) is 16.9 Å². The maximum atomic E-state index is 6.76. The van der Waals surface area contributed by atoms with Crippen LogP contribution >= 0.6 is 0 Å². The van der Waals surface area contributed by atoms with Gasteiger partial charge in [0.25, 0.3) is 0 Å². The Bertz CT molecular complexity index is 392. The highest BCUT2D eigenvalue weighted by Gasteiger charge is 2.73. The topological polar surface area (TPSA) is 9.23 Å². The van der Waals surface area contributed by atoms with E-state index in [4.69, 9.17) is 4.74 Å². The highest BCUT2D eigenvalue weighted by atomic mass is 16.5. The summed E-state index contributed by atoms with van der Waals surface area (Å²) in [4.78, 5) is 0. The Kier molecular flexibility index (Phi) is 2.63. The first-order chi connectivity index (χ1) is 8.57. The lowest BCUT2D eigenvalue weighted by Gasteiger charge is -2.57. The van der Waals surface area contributed by atoms with Crippen LogP contribution in [0.5, 0.6) is 0 Å². The van der Waals surface area contributed by atoms with Crippen LogP contribution in [0.3, 0.4) is 0 Å². The SMILES string of the molecule is CC1CC2CCCC23C(OC(C)(C)C3(C)C)C1(C)C. The highest BCUT2D eigenvalue weighted by molar-refractivity contribution is 5.20. The molecular weight excluding hydrogens is 232 g/mol. The molecule has 0 aromatic heterocycles. The van der Waals surface area contributed by atoms with Crippen molar-refractivity contribution in [3.63, 3.8) is 0 Å². The van der Waals surface area contributed by atoms with Gasteiger partial charge in [0.2, 0.25) is 0 Å². The molecule has 3 aliphatic rings. The van der Waals surface area contributed by atoms with E-state index in [1.165, 1.54) is 25.7 Å². The second kappa shape index (κ2) is 3.59. The van der Waals surface area contributed by atoms with Gasteiger partial charge in [-0.3, -0.25) is 0 Å². The van der Waals surface area contributed by atoms with Gasteiger partial charge in [0.1, 0.15) is 0 Å². The molecule has 0 radical (unpaired) electrons. The lowest BCUT2D eigenvalue weighted by molar-refractivity contribution is -0.143. The molecule has 1 aliphatic heterocycles. The van der Waals surface area contributed by atoms with E-state index < -0.39 is 0 Å². The van der Waals surface area contributed by atoms with Crippen molar-refractivity contribution in [3.8, 4) is 0 Å². The van der Waals surface area contributed by atoms with Gasteiger partial charge in [-0.15, -0.1) is 0 Å². The van der Waals surface area contributed by atoms with E-state index in [1.807, 2.05) is 0 Å². The van der Waals surface area contributed by atoms with E-state index in [0.717, 1.165) is 11.8 Å². The van der Waals surface area contributed by atoms with Gasteiger partial charge in [-0.1, -0.05) is 41.0 Å². The minimum atomic E-state index is 0.00157. The first-order valence-electron chi connectivity index (χ1n) is 8.25. The molecule has 0 N–H and O–H groups in total. The monoisotopic (exact) mass is 264 g/mol. The van der Waals surface area contributed by atoms with Crippen molar-refractivity contribution in [3.05, 3.63) is 0 Å². The molecule has 0 bridgehead atoms. The fourth-order valence-electron chi connectivity index (χ4n) is 5.84. The van der Waals surface area contributed by atoms with E-state index in [9.17, 15) is 0 Å². The van der Waals surface area contributed by atoms with Crippen LogP contribution in [0.2, 0.25) is 0 Å². The van der Waals surface area contributed by atoms with Crippen LogP contribution < -0.4 is 0 Å². The molecule has 1 nitrogen and oxygen atoms in total. The molecule has 2 saturated carbocycles. The molecule has 1 heterocycles. The standard InChI is InChI=1S/C18H32O/c1-12-11-13-9-8-10-18(13)14(15(12,2)3)19-17(6,7)16(18,4)5/h12-14H,8-11H2,1-7H3. The van der Waals surface area contributed by atoms with Gasteiger partial charge in [-0.05, 0) is 50.4 Å². The predicted molar refractivity (Wildman–Crippen MR) is 80.1 cm³/mol. The van der Waals surface area contributed by atoms with E-state index in [1.54, 1.807) is 0 Å². The number of rotatable bonds is 0. The number of ether oxygens (including phenoxy) is 1. The summed E-state index contributed by atoms with van der Waals surface area (Å²) in [5.74, 6) is 1.66. The van der Waals surface area contributed by atoms with Gasteiger partial charge in [0.15, 0.2) is 0 Å². The Morgan fingerprint density at radius 3 is 2.26 bits per heavy atom. The largest absolute Gasteiger partial charge is 0.371 e. The fourth-order valence-corrected chi connectivity index (χ4v) is 5.84. The molecule has 1 heteroatoms. The summed E-state index contributed by atoms with van der Waals surface area (Å²) >= 11 is 0. The summed E-state index contributed by atoms with van der Waals surface area (Å²) in [6, 6.07) is 0. The van der Waals surface area contributed by atoms with Crippen molar-refractivity contribution < 1.29 is 4.74 Å². The second-order valence-electron chi connectivity index (χ2n) is 9.22. The zero-order valence-corrected chi connectivity index (χ0v) is 14.0. The first-order valence-corrected chi connectivity index (χ1v) is 8.25. The molecule has 0 amide bonds. The molecule has 1 spiro atoms. The van der Waals surface area contributed by atoms with Crippen molar-refractivity contribution in [2.75, 3.05) is 0 Å². The van der Waals surface area contributed by atoms with Crippen LogP contribution in [0.4, 0.5) is 0 Å². The van der Waals surface area contributed by atoms with E-state index in [-0.39, 0.29) is 11.0 Å². The molecule has 0 aromatic rings. The highest BCUT2D eigenvalue weighted by Crippen LogP contribution is 2.73. The molecule has 0 aromatic carbocycles. The van der Waals surface area contributed by atoms with E-state index >= 15 is 0 Å². The summed E-state index contributed by atoms with van der Waals surface area (Å²) in [7, 11) is 0. The van der Waals surface area contributed by atoms with Gasteiger partial charge in [-0.2, -0.15) is 0 Å². The molecule has 19 heavy (non-hydrogen) atoms. The quantitative estimate of drug-likeness (QED) is 0.595. The van der Waals surface area contributed by atoms with Crippen molar-refractivity contribution in [1.29, 1.82) is 0 Å². The third-order valence-electron chi connectivity index (χ3n) is 8.00. The van der Waals surface area contributed by atoms with Crippen LogP contribution in [0, 0.1) is 28.1 Å². The summed E-state index contributed by atoms with van der Waals surface area (Å²) in [5, 5.41) is 0. The molecule has 3 fully saturated rings. The fraction of sp³-hybridized carbons (Fsp3) is 1.00. The minimum Gasteiger partial charge on any atom is -0.371 e. The van der Waals surface area contributed by atoms with Gasteiger partial charge in [0.05, 0.1) is 11.7 Å². The van der Waals surface area contributed by atoms with Crippen LogP contribution in [0.25, 0.3) is 0 Å². The third kappa shape index (κ3) is 1.36. The first kappa shape index (κ1) is 13.9. The number of hydrogen-bond donors (Lipinski definition) is 0. The van der Waals surface area contributed by atoms with Crippen molar-refractivity contribution in [2.24, 2.45) is 28.1 Å². The maximum absolute atomic E-state index is 6.76. The Morgan fingerprint density at radius 1 is 1.00 bits per heavy atom. The second-order valence-corrected chi connectivity index (χ2v) is 9.22. The smallest absolute Gasteiger partial charge is 0.0701 e. The lowest BCUT2D eigenvalue weighted by atomic mass is 9.46. The zero-order chi connectivity index (χ0) is 14.3. The van der Waals surface area contributed by atoms with Crippen LogP contribution in [0.1, 0.15) is 74.1 Å². The average Bonchev–Trinajstić information content (AvgIpc) is 2.75. The Hall–Kier alpha value is -0.0400. The van der Waals surface area contributed by atoms with Crippen LogP contribution in [-0.2, 0) is 4.74 Å². The average molecular weight is 264 g/mol. The van der Waals surface area contributed by atoms with Gasteiger partial charge < -0.3 is 4.74 Å². The van der Waals surface area contributed by atoms with Crippen molar-refractivity contribution >= 4 is 0 Å². The van der Waals surface area contributed by atoms with Crippen LogP contribution in [0.15, 0.2) is 0 Å². The summed E-state index contributed by atoms with van der Waals surface area (Å²) < 4.78 is 6.76. The molecule has 1 saturated heterocycles. The minimum absolute atomic E-state index is 0.00157. The molecule has 110 valence electrons. The predicted octanol–water partition coefficient (Wildman–Crippen LogP) is 5.04. The van der Waals surface area contributed by atoms with Crippen LogP contribution in [-0.4, -0.2) is 11.7 Å². The van der Waals surface area contributed by atoms with Gasteiger partial charge in [-0.25, -0.2) is 0 Å². The Morgan fingerprint density at radius 2 is 1.63 bits per heavy atom. The Labute approximate surface area is 119 Å². The van der Waals surface area contributed by atoms with E-state index in [2.05, 4.69) is 48.5 Å². The molecule has 4 unspecified atom stereocenters. The molecule has 3 rings (SSSR count). The summed E-state index contributed by atoms with van der Waals surface area (Å²) in [5.41, 5.74) is 1.02. The van der Waals surface area contributed by atoms with Crippen molar-refractivity contribution in [1.82, 2.24) is 0 Å². The third-order valence-corrected chi connectivity index (χ3v) is 8.00. The number of hydrogen-bond acceptors (Lipinski definition) is 1. The maximum Gasteiger partial charge on any atom is 0.0701 e. The molecule has 4 atom stereocenters. The zero-order valence-electron chi connectivity index (χ0n) is 14.0.